The van der Waals surface area contributed by atoms with Gasteiger partial charge in [0.1, 0.15) is 16.5 Å². The molecule has 36 heavy (non-hydrogen) atoms. The van der Waals surface area contributed by atoms with Gasteiger partial charge in [-0.2, -0.15) is 4.31 Å². The van der Waals surface area contributed by atoms with Crippen LogP contribution in [0.15, 0.2) is 77.7 Å². The Labute approximate surface area is 211 Å². The van der Waals surface area contributed by atoms with E-state index < -0.39 is 21.8 Å². The molecule has 1 saturated heterocycles. The van der Waals surface area contributed by atoms with E-state index in [1.807, 2.05) is 30.3 Å². The summed E-state index contributed by atoms with van der Waals surface area (Å²) in [5, 5.41) is 0.464. The number of thiazole rings is 1. The highest BCUT2D eigenvalue weighted by Gasteiger charge is 2.36. The lowest BCUT2D eigenvalue weighted by atomic mass is 9.96. The van der Waals surface area contributed by atoms with Crippen molar-refractivity contribution in [3.63, 3.8) is 0 Å². The Morgan fingerprint density at radius 3 is 2.42 bits per heavy atom. The molecule has 0 atom stereocenters. The second-order valence-corrected chi connectivity index (χ2v) is 11.5. The van der Waals surface area contributed by atoms with Crippen LogP contribution in [0, 0.1) is 17.6 Å². The van der Waals surface area contributed by atoms with Gasteiger partial charge in [0.2, 0.25) is 15.9 Å². The molecule has 0 aliphatic carbocycles. The number of carbonyl (C=O) groups is 1. The maximum Gasteiger partial charge on any atom is 0.245 e. The van der Waals surface area contributed by atoms with E-state index in [9.17, 15) is 22.0 Å². The molecule has 1 aromatic heterocycles. The molecule has 3 aromatic carbocycles. The van der Waals surface area contributed by atoms with Crippen molar-refractivity contribution in [3.05, 3.63) is 90.0 Å². The number of carbonyl (C=O) groups excluding carboxylic acids is 1. The number of benzene rings is 3. The topological polar surface area (TPSA) is 70.6 Å². The molecule has 10 heteroatoms. The van der Waals surface area contributed by atoms with Crippen molar-refractivity contribution < 1.29 is 22.0 Å². The number of fused-ring (bicyclic) bond motifs is 1. The van der Waals surface area contributed by atoms with Gasteiger partial charge < -0.3 is 0 Å². The van der Waals surface area contributed by atoms with Gasteiger partial charge in [-0.3, -0.25) is 9.69 Å². The number of amides is 1. The summed E-state index contributed by atoms with van der Waals surface area (Å²) < 4.78 is 55.7. The van der Waals surface area contributed by atoms with Crippen molar-refractivity contribution in [2.75, 3.05) is 18.0 Å². The number of nitrogens with zero attached hydrogens (tertiary/aromatic N) is 3. The molecule has 6 nitrogen and oxygen atoms in total. The Balaban J connectivity index is 1.38. The third-order valence-electron chi connectivity index (χ3n) is 6.28. The highest BCUT2D eigenvalue weighted by molar-refractivity contribution is 7.89. The summed E-state index contributed by atoms with van der Waals surface area (Å²) in [6, 6.07) is 19.1. The van der Waals surface area contributed by atoms with E-state index in [0.29, 0.717) is 28.2 Å². The monoisotopic (exact) mass is 527 g/mol. The zero-order chi connectivity index (χ0) is 25.3. The molecule has 1 aliphatic rings. The van der Waals surface area contributed by atoms with Crippen LogP contribution in [0.3, 0.4) is 0 Å². The first-order valence-corrected chi connectivity index (χ1v) is 13.7. The minimum atomic E-state index is -4.00. The lowest BCUT2D eigenvalue weighted by molar-refractivity contribution is -0.123. The average Bonchev–Trinajstić information content (AvgIpc) is 3.30. The molecule has 2 heterocycles. The second-order valence-electron chi connectivity index (χ2n) is 8.63. The van der Waals surface area contributed by atoms with E-state index in [4.69, 9.17) is 0 Å². The van der Waals surface area contributed by atoms with Gasteiger partial charge in [-0.25, -0.2) is 22.2 Å². The Morgan fingerprint density at radius 1 is 1.00 bits per heavy atom. The predicted molar refractivity (Wildman–Crippen MR) is 135 cm³/mol. The predicted octanol–water partition coefficient (Wildman–Crippen LogP) is 5.21. The summed E-state index contributed by atoms with van der Waals surface area (Å²) >= 11 is 1.24. The molecule has 0 unspecified atom stereocenters. The van der Waals surface area contributed by atoms with E-state index in [-0.39, 0.29) is 36.3 Å². The smallest absolute Gasteiger partial charge is 0.245 e. The van der Waals surface area contributed by atoms with Gasteiger partial charge >= 0.3 is 0 Å². The van der Waals surface area contributed by atoms with Crippen LogP contribution in [0.1, 0.15) is 18.4 Å². The summed E-state index contributed by atoms with van der Waals surface area (Å²) in [5.41, 5.74) is 1.52. The standard InChI is InChI=1S/C26H23F2N3O3S2/c27-20-10-11-22-23(16-20)35-26(29-22)31(17-18-6-2-1-3-7-18)25(32)19-12-14-30(15-13-19)36(33,34)24-9-5-4-8-21(24)28/h1-11,16,19H,12-15,17H2. The van der Waals surface area contributed by atoms with Crippen molar-refractivity contribution in [2.24, 2.45) is 5.92 Å². The van der Waals surface area contributed by atoms with Crippen molar-refractivity contribution in [1.29, 1.82) is 0 Å². The number of piperidine rings is 1. The molecule has 0 radical (unpaired) electrons. The highest BCUT2D eigenvalue weighted by atomic mass is 32.2. The van der Waals surface area contributed by atoms with Crippen molar-refractivity contribution in [1.82, 2.24) is 9.29 Å². The fourth-order valence-corrected chi connectivity index (χ4v) is 6.89. The maximum atomic E-state index is 14.2. The number of aromatic nitrogens is 1. The zero-order valence-electron chi connectivity index (χ0n) is 19.2. The number of hydrogen-bond acceptors (Lipinski definition) is 5. The highest BCUT2D eigenvalue weighted by Crippen LogP contribution is 2.33. The molecule has 1 aliphatic heterocycles. The van der Waals surface area contributed by atoms with Gasteiger partial charge in [-0.15, -0.1) is 0 Å². The first kappa shape index (κ1) is 24.5. The number of hydrogen-bond donors (Lipinski definition) is 0. The lowest BCUT2D eigenvalue weighted by Gasteiger charge is -2.33. The Kier molecular flexibility index (Phi) is 6.83. The summed E-state index contributed by atoms with van der Waals surface area (Å²) in [6.07, 6.45) is 0.606. The molecule has 4 aromatic rings. The van der Waals surface area contributed by atoms with Gasteiger partial charge in [0.15, 0.2) is 5.13 Å². The molecule has 186 valence electrons. The Bertz CT molecular complexity index is 1500. The molecule has 0 saturated carbocycles. The van der Waals surface area contributed by atoms with Gasteiger partial charge in [-0.1, -0.05) is 53.8 Å². The quantitative estimate of drug-likeness (QED) is 0.345. The molecular formula is C26H23F2N3O3S2. The van der Waals surface area contributed by atoms with Crippen LogP contribution in [0.4, 0.5) is 13.9 Å². The van der Waals surface area contributed by atoms with Crippen LogP contribution in [-0.4, -0.2) is 36.7 Å². The van der Waals surface area contributed by atoms with E-state index in [1.165, 1.54) is 46.0 Å². The molecule has 5 rings (SSSR count). The first-order valence-electron chi connectivity index (χ1n) is 11.5. The molecule has 1 amide bonds. The van der Waals surface area contributed by atoms with Crippen LogP contribution in [0.25, 0.3) is 10.2 Å². The molecule has 0 bridgehead atoms. The number of rotatable bonds is 6. The molecule has 0 N–H and O–H groups in total. The minimum absolute atomic E-state index is 0.108. The lowest BCUT2D eigenvalue weighted by Crippen LogP contribution is -2.44. The summed E-state index contributed by atoms with van der Waals surface area (Å²) in [4.78, 5) is 19.5. The van der Waals surface area contributed by atoms with Crippen molar-refractivity contribution in [3.8, 4) is 0 Å². The summed E-state index contributed by atoms with van der Waals surface area (Å²) in [6.45, 7) is 0.504. The molecular weight excluding hydrogens is 504 g/mol. The van der Waals surface area contributed by atoms with Gasteiger partial charge in [0.25, 0.3) is 0 Å². The number of anilines is 1. The zero-order valence-corrected chi connectivity index (χ0v) is 20.8. The van der Waals surface area contributed by atoms with E-state index in [2.05, 4.69) is 4.98 Å². The van der Waals surface area contributed by atoms with Gasteiger partial charge in [0, 0.05) is 19.0 Å². The van der Waals surface area contributed by atoms with E-state index in [0.717, 1.165) is 11.6 Å². The van der Waals surface area contributed by atoms with E-state index in [1.54, 1.807) is 11.0 Å². The number of halogens is 2. The molecule has 0 spiro atoms. The minimum Gasteiger partial charge on any atom is -0.283 e. The normalized spacial score (nSPS) is 15.3. The third-order valence-corrected chi connectivity index (χ3v) is 9.25. The van der Waals surface area contributed by atoms with Crippen molar-refractivity contribution >= 4 is 42.6 Å². The Morgan fingerprint density at radius 2 is 1.69 bits per heavy atom. The van der Waals surface area contributed by atoms with Gasteiger partial charge in [0.05, 0.1) is 16.8 Å². The van der Waals surface area contributed by atoms with Crippen LogP contribution in [-0.2, 0) is 21.4 Å². The first-order chi connectivity index (χ1) is 17.3. The average molecular weight is 528 g/mol. The van der Waals surface area contributed by atoms with Crippen LogP contribution in [0.5, 0.6) is 0 Å². The largest absolute Gasteiger partial charge is 0.283 e. The SMILES string of the molecule is O=C(C1CCN(S(=O)(=O)c2ccccc2F)CC1)N(Cc1ccccc1)c1nc2ccc(F)cc2s1. The maximum absolute atomic E-state index is 14.2. The van der Waals surface area contributed by atoms with Crippen LogP contribution >= 0.6 is 11.3 Å². The second kappa shape index (κ2) is 10.0. The third kappa shape index (κ3) is 4.88. The fourth-order valence-electron chi connectivity index (χ4n) is 4.36. The van der Waals surface area contributed by atoms with Gasteiger partial charge in [-0.05, 0) is 48.7 Å². The fraction of sp³-hybridized carbons (Fsp3) is 0.231. The number of sulfonamides is 1. The van der Waals surface area contributed by atoms with Crippen molar-refractivity contribution in [2.45, 2.75) is 24.3 Å². The summed E-state index contributed by atoms with van der Waals surface area (Å²) in [7, 11) is -4.00. The van der Waals surface area contributed by atoms with Crippen LogP contribution in [0.2, 0.25) is 0 Å². The Hall–Kier alpha value is -3.21. The van der Waals surface area contributed by atoms with E-state index >= 15 is 0 Å². The van der Waals surface area contributed by atoms with Crippen LogP contribution < -0.4 is 4.90 Å². The summed E-state index contributed by atoms with van der Waals surface area (Å²) in [5.74, 6) is -1.76. The molecule has 1 fully saturated rings.